The minimum atomic E-state index is -0.526. The number of morpholine rings is 1. The largest absolute Gasteiger partial charge is 0.493 e. The van der Waals surface area contributed by atoms with Gasteiger partial charge in [-0.05, 0) is 74.7 Å². The van der Waals surface area contributed by atoms with Crippen LogP contribution >= 0.6 is 0 Å². The quantitative estimate of drug-likeness (QED) is 0.142. The topological polar surface area (TPSA) is 131 Å². The van der Waals surface area contributed by atoms with Crippen molar-refractivity contribution in [2.24, 2.45) is 0 Å². The summed E-state index contributed by atoms with van der Waals surface area (Å²) in [7, 11) is 3.64. The van der Waals surface area contributed by atoms with Gasteiger partial charge in [-0.3, -0.25) is 9.59 Å². The molecule has 2 N–H and O–H groups in total. The first-order valence-corrected chi connectivity index (χ1v) is 18.7. The second-order valence-corrected chi connectivity index (χ2v) is 13.8. The first kappa shape index (κ1) is 39.4. The smallest absolute Gasteiger partial charge is 0.262 e. The fourth-order valence-corrected chi connectivity index (χ4v) is 6.50. The lowest BCUT2D eigenvalue weighted by Gasteiger charge is -2.32. The lowest BCUT2D eigenvalue weighted by Crippen LogP contribution is -2.44. The van der Waals surface area contributed by atoms with E-state index in [1.807, 2.05) is 43.0 Å². The van der Waals surface area contributed by atoms with Gasteiger partial charge in [0.2, 0.25) is 17.7 Å². The number of likely N-dealkylation sites (N-methyl/N-ethyl adjacent to an activating group) is 1. The zero-order valence-electron chi connectivity index (χ0n) is 32.0. The number of aryl methyl sites for hydroxylation is 3. The van der Waals surface area contributed by atoms with Crippen LogP contribution in [0.5, 0.6) is 23.1 Å². The third-order valence-corrected chi connectivity index (χ3v) is 9.80. The van der Waals surface area contributed by atoms with Crippen molar-refractivity contribution in [2.45, 2.75) is 33.1 Å². The van der Waals surface area contributed by atoms with E-state index in [0.29, 0.717) is 68.6 Å². The van der Waals surface area contributed by atoms with Crippen LogP contribution in [-0.4, -0.2) is 116 Å². The van der Waals surface area contributed by atoms with E-state index in [0.717, 1.165) is 55.8 Å². The maximum atomic E-state index is 15.2. The van der Waals surface area contributed by atoms with Crippen LogP contribution in [-0.2, 0) is 16.0 Å². The Hall–Kier alpha value is -5.31. The van der Waals surface area contributed by atoms with Crippen LogP contribution in [0.25, 0.3) is 0 Å². The third kappa shape index (κ3) is 10.7. The van der Waals surface area contributed by atoms with Crippen molar-refractivity contribution in [2.75, 3.05) is 90.4 Å². The minimum Gasteiger partial charge on any atom is -0.493 e. The number of aromatic nitrogens is 2. The summed E-state index contributed by atoms with van der Waals surface area (Å²) in [6.07, 6.45) is 3.01. The van der Waals surface area contributed by atoms with Gasteiger partial charge in [0.05, 0.1) is 26.9 Å². The molecule has 0 saturated carbocycles. The maximum absolute atomic E-state index is 15.2. The van der Waals surface area contributed by atoms with Crippen molar-refractivity contribution in [3.05, 3.63) is 88.9 Å². The molecule has 4 aromatic rings. The maximum Gasteiger partial charge on any atom is 0.262 e. The summed E-state index contributed by atoms with van der Waals surface area (Å²) in [5.41, 5.74) is 3.80. The first-order chi connectivity index (χ1) is 26.7. The van der Waals surface area contributed by atoms with Crippen LogP contribution in [0, 0.1) is 19.7 Å². The molecule has 2 fully saturated rings. The number of methoxy groups -OCH3 is 1. The zero-order valence-corrected chi connectivity index (χ0v) is 32.0. The molecule has 13 nitrogen and oxygen atoms in total. The molecule has 0 radical (unpaired) electrons. The number of anilines is 3. The van der Waals surface area contributed by atoms with E-state index in [-0.39, 0.29) is 29.0 Å². The van der Waals surface area contributed by atoms with Gasteiger partial charge in [-0.25, -0.2) is 9.37 Å². The Morgan fingerprint density at radius 3 is 2.40 bits per heavy atom. The predicted molar refractivity (Wildman–Crippen MR) is 208 cm³/mol. The Morgan fingerprint density at radius 2 is 1.67 bits per heavy atom. The number of carbonyl (C=O) groups excluding carboxylic acids is 2. The molecule has 2 amide bonds. The molecular formula is C41H50FN7O6. The monoisotopic (exact) mass is 755 g/mol. The lowest BCUT2D eigenvalue weighted by molar-refractivity contribution is -0.135. The van der Waals surface area contributed by atoms with E-state index in [1.54, 1.807) is 24.3 Å². The van der Waals surface area contributed by atoms with Gasteiger partial charge in [0.15, 0.2) is 23.1 Å². The molecular weight excluding hydrogens is 705 g/mol. The van der Waals surface area contributed by atoms with Gasteiger partial charge in [0, 0.05) is 75.9 Å². The summed E-state index contributed by atoms with van der Waals surface area (Å²) < 4.78 is 38.2. The van der Waals surface area contributed by atoms with Crippen LogP contribution in [0.2, 0.25) is 0 Å². The average molecular weight is 756 g/mol. The number of nitrogens with zero attached hydrogens (tertiary/aromatic N) is 5. The van der Waals surface area contributed by atoms with E-state index < -0.39 is 11.7 Å². The fourth-order valence-electron chi connectivity index (χ4n) is 6.50. The van der Waals surface area contributed by atoms with Gasteiger partial charge in [-0.2, -0.15) is 4.98 Å². The number of carbonyl (C=O) groups is 2. The number of nitrogens with one attached hydrogen (secondary N) is 2. The molecule has 0 unspecified atom stereocenters. The number of halogens is 1. The number of para-hydroxylation sites is 1. The van der Waals surface area contributed by atoms with Crippen LogP contribution in [0.1, 0.15) is 39.9 Å². The minimum absolute atomic E-state index is 0.0458. The molecule has 0 spiro atoms. The SMILES string of the molecule is COc1cc(CCC(=O)N2CCOCC2)ccc1Oc1nc(Nc2ccc(OCCCN3CCN(C)CC3)c(F)c2)ncc1C(=O)Nc1c(C)cccc1C. The van der Waals surface area contributed by atoms with Gasteiger partial charge in [-0.1, -0.05) is 24.3 Å². The van der Waals surface area contributed by atoms with E-state index >= 15 is 4.39 Å². The molecule has 0 aliphatic carbocycles. The second kappa shape index (κ2) is 18.8. The fraction of sp³-hybridized carbons (Fsp3) is 0.415. The zero-order chi connectivity index (χ0) is 38.7. The van der Waals surface area contributed by atoms with Crippen LogP contribution in [0.15, 0.2) is 60.8 Å². The van der Waals surface area contributed by atoms with Crippen molar-refractivity contribution >= 4 is 29.1 Å². The van der Waals surface area contributed by atoms with E-state index in [1.165, 1.54) is 19.4 Å². The highest BCUT2D eigenvalue weighted by atomic mass is 19.1. The molecule has 2 aliphatic rings. The summed E-state index contributed by atoms with van der Waals surface area (Å²) >= 11 is 0. The number of piperazine rings is 1. The summed E-state index contributed by atoms with van der Waals surface area (Å²) in [6, 6.07) is 15.7. The van der Waals surface area contributed by atoms with Gasteiger partial charge in [-0.15, -0.1) is 0 Å². The van der Waals surface area contributed by atoms with E-state index in [2.05, 4.69) is 37.4 Å². The first-order valence-electron chi connectivity index (χ1n) is 18.7. The van der Waals surface area contributed by atoms with E-state index in [4.69, 9.17) is 18.9 Å². The predicted octanol–water partition coefficient (Wildman–Crippen LogP) is 5.84. The normalized spacial score (nSPS) is 15.0. The van der Waals surface area contributed by atoms with E-state index in [9.17, 15) is 9.59 Å². The lowest BCUT2D eigenvalue weighted by atomic mass is 10.1. The van der Waals surface area contributed by atoms with Crippen molar-refractivity contribution in [1.82, 2.24) is 24.7 Å². The standard InChI is InChI=1S/C41H50FN7O6/c1-28-7-5-8-29(2)38(28)45-39(51)32-27-43-41(44-31-11-13-34(33(42)26-31)54-22-6-15-48-18-16-47(3)17-19-48)46-40(32)55-35-12-9-30(25-36(35)52-4)10-14-37(50)49-20-23-53-24-21-49/h5,7-9,11-13,25-27H,6,10,14-24H2,1-4H3,(H,45,51)(H,43,44,46). The van der Waals surface area contributed by atoms with Crippen molar-refractivity contribution in [3.8, 4) is 23.1 Å². The number of hydrogen-bond acceptors (Lipinski definition) is 11. The molecule has 55 heavy (non-hydrogen) atoms. The van der Waals surface area contributed by atoms with Crippen molar-refractivity contribution < 1.29 is 32.9 Å². The Morgan fingerprint density at radius 1 is 0.927 bits per heavy atom. The average Bonchev–Trinajstić information content (AvgIpc) is 3.19. The number of hydrogen-bond donors (Lipinski definition) is 2. The van der Waals surface area contributed by atoms with Crippen LogP contribution < -0.4 is 24.8 Å². The van der Waals surface area contributed by atoms with Gasteiger partial charge in [0.1, 0.15) is 5.56 Å². The van der Waals surface area contributed by atoms with Gasteiger partial charge < -0.3 is 44.3 Å². The Kier molecular flexibility index (Phi) is 13.5. The molecule has 6 rings (SSSR count). The summed E-state index contributed by atoms with van der Waals surface area (Å²) in [4.78, 5) is 42.0. The summed E-state index contributed by atoms with van der Waals surface area (Å²) in [5.74, 6) is -0.0381. The Bertz CT molecular complexity index is 1930. The molecule has 3 aromatic carbocycles. The molecule has 2 aliphatic heterocycles. The Labute approximate surface area is 321 Å². The highest BCUT2D eigenvalue weighted by molar-refractivity contribution is 6.06. The van der Waals surface area contributed by atoms with Gasteiger partial charge in [0.25, 0.3) is 5.91 Å². The van der Waals surface area contributed by atoms with Crippen LogP contribution in [0.3, 0.4) is 0 Å². The number of ether oxygens (including phenoxy) is 4. The number of benzene rings is 3. The Balaban J connectivity index is 1.17. The second-order valence-electron chi connectivity index (χ2n) is 13.8. The molecule has 1 aromatic heterocycles. The molecule has 292 valence electrons. The molecule has 0 bridgehead atoms. The third-order valence-electron chi connectivity index (χ3n) is 9.80. The summed E-state index contributed by atoms with van der Waals surface area (Å²) in [6.45, 7) is 11.6. The molecule has 3 heterocycles. The highest BCUT2D eigenvalue weighted by Gasteiger charge is 2.22. The number of rotatable bonds is 15. The van der Waals surface area contributed by atoms with Crippen molar-refractivity contribution in [3.63, 3.8) is 0 Å². The molecule has 0 atom stereocenters. The molecule has 14 heteroatoms. The highest BCUT2D eigenvalue weighted by Crippen LogP contribution is 2.35. The summed E-state index contributed by atoms with van der Waals surface area (Å²) in [5, 5.41) is 6.00. The number of amides is 2. The van der Waals surface area contributed by atoms with Crippen LogP contribution in [0.4, 0.5) is 21.7 Å². The molecule has 2 saturated heterocycles. The van der Waals surface area contributed by atoms with Crippen molar-refractivity contribution in [1.29, 1.82) is 0 Å². The van der Waals surface area contributed by atoms with Gasteiger partial charge >= 0.3 is 0 Å².